The minimum absolute atomic E-state index is 0.523. The number of aliphatic hydroxyl groups is 1. The third-order valence-corrected chi connectivity index (χ3v) is 3.02. The molecule has 0 saturated heterocycles. The summed E-state index contributed by atoms with van der Waals surface area (Å²) in [5, 5.41) is 10.1. The van der Waals surface area contributed by atoms with Crippen molar-refractivity contribution in [3.63, 3.8) is 0 Å². The van der Waals surface area contributed by atoms with Crippen molar-refractivity contribution in [2.45, 2.75) is 32.8 Å². The van der Waals surface area contributed by atoms with Crippen LogP contribution >= 0.6 is 0 Å². The molecule has 3 heteroatoms. The topological polar surface area (TPSA) is 46.0 Å². The summed E-state index contributed by atoms with van der Waals surface area (Å²) in [6, 6.07) is 7.85. The lowest BCUT2D eigenvalue weighted by molar-refractivity contribution is 0.177. The lowest BCUT2D eigenvalue weighted by atomic mass is 10.1. The molecule has 2 aromatic heterocycles. The fourth-order valence-corrected chi connectivity index (χ4v) is 1.78. The van der Waals surface area contributed by atoms with E-state index in [2.05, 4.69) is 23.0 Å². The van der Waals surface area contributed by atoms with Crippen LogP contribution in [0.1, 0.15) is 35.5 Å². The molecule has 2 aromatic rings. The molecule has 0 aliphatic heterocycles. The van der Waals surface area contributed by atoms with Gasteiger partial charge in [0.25, 0.3) is 0 Å². The third kappa shape index (κ3) is 3.14. The SMILES string of the molecule is CCc1ccc(CC(O)c2ccc(C)nc2)nc1. The van der Waals surface area contributed by atoms with Crippen molar-refractivity contribution in [2.24, 2.45) is 0 Å². The van der Waals surface area contributed by atoms with Crippen molar-refractivity contribution < 1.29 is 5.11 Å². The lowest BCUT2D eigenvalue weighted by Gasteiger charge is -2.10. The van der Waals surface area contributed by atoms with Crippen molar-refractivity contribution in [1.29, 1.82) is 0 Å². The molecule has 0 radical (unpaired) electrons. The molecular formula is C15H18N2O. The van der Waals surface area contributed by atoms with Crippen LogP contribution in [0.2, 0.25) is 0 Å². The highest BCUT2D eigenvalue weighted by Crippen LogP contribution is 2.16. The molecule has 0 spiro atoms. The van der Waals surface area contributed by atoms with Crippen LogP contribution in [0.4, 0.5) is 0 Å². The molecule has 3 nitrogen and oxygen atoms in total. The van der Waals surface area contributed by atoms with Crippen LogP contribution in [0.5, 0.6) is 0 Å². The van der Waals surface area contributed by atoms with Crippen LogP contribution in [-0.2, 0) is 12.8 Å². The van der Waals surface area contributed by atoms with Gasteiger partial charge in [0.2, 0.25) is 0 Å². The second-order valence-corrected chi connectivity index (χ2v) is 4.46. The van der Waals surface area contributed by atoms with Gasteiger partial charge >= 0.3 is 0 Å². The van der Waals surface area contributed by atoms with E-state index in [0.717, 1.165) is 23.4 Å². The second-order valence-electron chi connectivity index (χ2n) is 4.46. The summed E-state index contributed by atoms with van der Waals surface area (Å²) < 4.78 is 0. The summed E-state index contributed by atoms with van der Waals surface area (Å²) in [5.74, 6) is 0. The lowest BCUT2D eigenvalue weighted by Crippen LogP contribution is -2.04. The molecule has 1 N–H and O–H groups in total. The molecule has 0 aromatic carbocycles. The third-order valence-electron chi connectivity index (χ3n) is 3.02. The van der Waals surface area contributed by atoms with E-state index in [4.69, 9.17) is 0 Å². The molecule has 2 heterocycles. The van der Waals surface area contributed by atoms with Crippen LogP contribution in [0.25, 0.3) is 0 Å². The molecule has 18 heavy (non-hydrogen) atoms. The fraction of sp³-hybridized carbons (Fsp3) is 0.333. The largest absolute Gasteiger partial charge is 0.388 e. The van der Waals surface area contributed by atoms with Gasteiger partial charge in [0, 0.05) is 30.2 Å². The first kappa shape index (κ1) is 12.7. The van der Waals surface area contributed by atoms with Gasteiger partial charge in [0.05, 0.1) is 6.10 Å². The molecule has 0 amide bonds. The van der Waals surface area contributed by atoms with Gasteiger partial charge in [-0.3, -0.25) is 9.97 Å². The van der Waals surface area contributed by atoms with Crippen molar-refractivity contribution in [3.8, 4) is 0 Å². The Bertz CT molecular complexity index is 491. The first-order valence-electron chi connectivity index (χ1n) is 6.23. The molecule has 0 aliphatic rings. The van der Waals surface area contributed by atoms with Gasteiger partial charge in [0.1, 0.15) is 0 Å². The van der Waals surface area contributed by atoms with Crippen molar-refractivity contribution in [1.82, 2.24) is 9.97 Å². The Hall–Kier alpha value is -1.74. The summed E-state index contributed by atoms with van der Waals surface area (Å²) in [6.07, 6.45) is 4.56. The second kappa shape index (κ2) is 5.74. The van der Waals surface area contributed by atoms with Crippen LogP contribution < -0.4 is 0 Å². The summed E-state index contributed by atoms with van der Waals surface area (Å²) in [5.41, 5.74) is 3.91. The number of nitrogens with zero attached hydrogens (tertiary/aromatic N) is 2. The highest BCUT2D eigenvalue weighted by Gasteiger charge is 2.09. The minimum Gasteiger partial charge on any atom is -0.388 e. The molecular weight excluding hydrogens is 224 g/mol. The highest BCUT2D eigenvalue weighted by atomic mass is 16.3. The van der Waals surface area contributed by atoms with Gasteiger partial charge in [-0.2, -0.15) is 0 Å². The van der Waals surface area contributed by atoms with E-state index in [-0.39, 0.29) is 0 Å². The highest BCUT2D eigenvalue weighted by molar-refractivity contribution is 5.19. The average molecular weight is 242 g/mol. The van der Waals surface area contributed by atoms with E-state index >= 15 is 0 Å². The number of pyridine rings is 2. The number of aryl methyl sites for hydroxylation is 2. The summed E-state index contributed by atoms with van der Waals surface area (Å²) in [6.45, 7) is 4.03. The predicted octanol–water partition coefficient (Wildman–Crippen LogP) is 2.62. The minimum atomic E-state index is -0.543. The van der Waals surface area contributed by atoms with Gasteiger partial charge in [-0.1, -0.05) is 19.1 Å². The zero-order chi connectivity index (χ0) is 13.0. The van der Waals surface area contributed by atoms with Crippen LogP contribution in [-0.4, -0.2) is 15.1 Å². The first-order valence-corrected chi connectivity index (χ1v) is 6.23. The Morgan fingerprint density at radius 1 is 1.11 bits per heavy atom. The summed E-state index contributed by atoms with van der Waals surface area (Å²) in [4.78, 5) is 8.54. The first-order chi connectivity index (χ1) is 8.69. The Labute approximate surface area is 108 Å². The molecule has 0 aliphatic carbocycles. The summed E-state index contributed by atoms with van der Waals surface area (Å²) in [7, 11) is 0. The maximum absolute atomic E-state index is 10.1. The van der Waals surface area contributed by atoms with Crippen LogP contribution in [0.3, 0.4) is 0 Å². The van der Waals surface area contributed by atoms with Crippen molar-refractivity contribution >= 4 is 0 Å². The number of hydrogen-bond donors (Lipinski definition) is 1. The number of aromatic nitrogens is 2. The average Bonchev–Trinajstić information content (AvgIpc) is 2.40. The molecule has 0 fully saturated rings. The zero-order valence-electron chi connectivity index (χ0n) is 10.8. The fourth-order valence-electron chi connectivity index (χ4n) is 1.78. The Kier molecular flexibility index (Phi) is 4.05. The monoisotopic (exact) mass is 242 g/mol. The van der Waals surface area contributed by atoms with E-state index in [9.17, 15) is 5.11 Å². The van der Waals surface area contributed by atoms with E-state index in [1.54, 1.807) is 6.20 Å². The van der Waals surface area contributed by atoms with Gasteiger partial charge in [-0.05, 0) is 36.6 Å². The predicted molar refractivity (Wildman–Crippen MR) is 71.3 cm³/mol. The van der Waals surface area contributed by atoms with E-state index < -0.39 is 6.10 Å². The molecule has 94 valence electrons. The Morgan fingerprint density at radius 2 is 1.94 bits per heavy atom. The Balaban J connectivity index is 2.05. The Morgan fingerprint density at radius 3 is 2.50 bits per heavy atom. The van der Waals surface area contributed by atoms with Crippen LogP contribution in [0.15, 0.2) is 36.7 Å². The van der Waals surface area contributed by atoms with Gasteiger partial charge in [-0.15, -0.1) is 0 Å². The van der Waals surface area contributed by atoms with Crippen molar-refractivity contribution in [3.05, 3.63) is 59.2 Å². The molecule has 0 saturated carbocycles. The maximum atomic E-state index is 10.1. The molecule has 1 atom stereocenters. The van der Waals surface area contributed by atoms with E-state index in [0.29, 0.717) is 6.42 Å². The van der Waals surface area contributed by atoms with E-state index in [1.165, 1.54) is 5.56 Å². The normalized spacial score (nSPS) is 12.4. The zero-order valence-corrected chi connectivity index (χ0v) is 10.8. The quantitative estimate of drug-likeness (QED) is 0.896. The van der Waals surface area contributed by atoms with Gasteiger partial charge < -0.3 is 5.11 Å². The number of aliphatic hydroxyl groups excluding tert-OH is 1. The number of hydrogen-bond acceptors (Lipinski definition) is 3. The van der Waals surface area contributed by atoms with Crippen LogP contribution in [0, 0.1) is 6.92 Å². The van der Waals surface area contributed by atoms with E-state index in [1.807, 2.05) is 31.3 Å². The maximum Gasteiger partial charge on any atom is 0.0860 e. The summed E-state index contributed by atoms with van der Waals surface area (Å²) >= 11 is 0. The smallest absolute Gasteiger partial charge is 0.0860 e. The standard InChI is InChI=1S/C15H18N2O/c1-3-12-5-7-14(17-9-12)8-15(18)13-6-4-11(2)16-10-13/h4-7,9-10,15,18H,3,8H2,1-2H3. The molecule has 2 rings (SSSR count). The molecule has 0 bridgehead atoms. The molecule has 1 unspecified atom stereocenters. The van der Waals surface area contributed by atoms with Gasteiger partial charge in [-0.25, -0.2) is 0 Å². The van der Waals surface area contributed by atoms with Gasteiger partial charge in [0.15, 0.2) is 0 Å². The van der Waals surface area contributed by atoms with Crippen molar-refractivity contribution in [2.75, 3.05) is 0 Å². The number of rotatable bonds is 4.